The van der Waals surface area contributed by atoms with Crippen molar-refractivity contribution in [1.29, 1.82) is 0 Å². The minimum absolute atomic E-state index is 0.0193. The molecule has 0 fully saturated rings. The molecule has 5 nitrogen and oxygen atoms in total. The third kappa shape index (κ3) is 4.20. The molecule has 0 bridgehead atoms. The molecule has 0 saturated heterocycles. The molecule has 0 atom stereocenters. The first-order chi connectivity index (χ1) is 18.3. The first-order valence-electron chi connectivity index (χ1n) is 11.8. The van der Waals surface area contributed by atoms with E-state index in [1.54, 1.807) is 13.0 Å². The van der Waals surface area contributed by atoms with Gasteiger partial charge in [0, 0.05) is 16.5 Å². The highest BCUT2D eigenvalue weighted by Gasteiger charge is 2.30. The Hall–Kier alpha value is -4.85. The number of carbonyl (C=O) groups excluding carboxylic acids is 1. The zero-order valence-electron chi connectivity index (χ0n) is 20.1. The number of alkyl halides is 3. The normalized spacial score (nSPS) is 11.8. The summed E-state index contributed by atoms with van der Waals surface area (Å²) in [5.74, 6) is 1.20. The van der Waals surface area contributed by atoms with E-state index >= 15 is 0 Å². The van der Waals surface area contributed by atoms with Gasteiger partial charge in [0.2, 0.25) is 0 Å². The highest BCUT2D eigenvalue weighted by atomic mass is 19.4. The standard InChI is InChI=1S/C30H20F3N3O2/c1-17(37)21-6-2-3-7-22(21)18-10-15-25-26(16-18)36-29(35-25)27-28(23-8-4-5-9-24(23)34-27)38-20-13-11-19(12-14-20)30(31,32)33/h2-16,34H,1H3,(H,35,36). The summed E-state index contributed by atoms with van der Waals surface area (Å²) in [6, 6.07) is 25.2. The maximum Gasteiger partial charge on any atom is 0.416 e. The summed E-state index contributed by atoms with van der Waals surface area (Å²) in [7, 11) is 0. The van der Waals surface area contributed by atoms with Gasteiger partial charge in [0.25, 0.3) is 0 Å². The Morgan fingerprint density at radius 3 is 2.34 bits per heavy atom. The number of rotatable bonds is 5. The minimum atomic E-state index is -4.43. The van der Waals surface area contributed by atoms with E-state index < -0.39 is 11.7 Å². The molecule has 0 aliphatic heterocycles. The number of carbonyl (C=O) groups is 1. The molecule has 0 radical (unpaired) electrons. The number of fused-ring (bicyclic) bond motifs is 2. The average molecular weight is 512 g/mol. The molecule has 0 saturated carbocycles. The van der Waals surface area contributed by atoms with Crippen molar-refractivity contribution in [3.8, 4) is 34.1 Å². The van der Waals surface area contributed by atoms with Gasteiger partial charge in [-0.3, -0.25) is 4.79 Å². The second-order valence-electron chi connectivity index (χ2n) is 8.92. The summed E-state index contributed by atoms with van der Waals surface area (Å²) in [5, 5.41) is 0.763. The molecular weight excluding hydrogens is 491 g/mol. The summed E-state index contributed by atoms with van der Waals surface area (Å²) in [5.41, 5.74) is 4.41. The first kappa shape index (κ1) is 23.5. The summed E-state index contributed by atoms with van der Waals surface area (Å²) >= 11 is 0. The molecule has 8 heteroatoms. The molecule has 6 aromatic rings. The number of nitrogens with one attached hydrogen (secondary N) is 2. The van der Waals surface area contributed by atoms with E-state index in [1.807, 2.05) is 60.7 Å². The van der Waals surface area contributed by atoms with Crippen LogP contribution < -0.4 is 4.74 Å². The number of nitrogens with zero attached hydrogens (tertiary/aromatic N) is 1. The largest absolute Gasteiger partial charge is 0.454 e. The van der Waals surface area contributed by atoms with Gasteiger partial charge in [0.1, 0.15) is 11.4 Å². The van der Waals surface area contributed by atoms with Crippen LogP contribution in [0.4, 0.5) is 13.2 Å². The molecule has 0 spiro atoms. The van der Waals surface area contributed by atoms with E-state index in [9.17, 15) is 18.0 Å². The van der Waals surface area contributed by atoms with Gasteiger partial charge >= 0.3 is 6.18 Å². The summed E-state index contributed by atoms with van der Waals surface area (Å²) in [6.07, 6.45) is -4.43. The Morgan fingerprint density at radius 2 is 1.58 bits per heavy atom. The molecule has 2 N–H and O–H groups in total. The predicted molar refractivity (Wildman–Crippen MR) is 140 cm³/mol. The molecule has 188 valence electrons. The summed E-state index contributed by atoms with van der Waals surface area (Å²) in [4.78, 5) is 23.5. The van der Waals surface area contributed by atoms with Gasteiger partial charge < -0.3 is 14.7 Å². The number of ether oxygens (including phenoxy) is 1. The van der Waals surface area contributed by atoms with Gasteiger partial charge in [-0.1, -0.05) is 42.5 Å². The van der Waals surface area contributed by atoms with Crippen molar-refractivity contribution < 1.29 is 22.7 Å². The van der Waals surface area contributed by atoms with Crippen molar-refractivity contribution in [2.24, 2.45) is 0 Å². The predicted octanol–water partition coefficient (Wildman–Crippen LogP) is 8.39. The van der Waals surface area contributed by atoms with Gasteiger partial charge in [-0.05, 0) is 66.6 Å². The molecule has 2 aromatic heterocycles. The number of para-hydroxylation sites is 1. The number of H-pyrrole nitrogens is 2. The van der Waals surface area contributed by atoms with Crippen LogP contribution in [0.15, 0.2) is 91.0 Å². The fourth-order valence-electron chi connectivity index (χ4n) is 4.56. The SMILES string of the molecule is CC(=O)c1ccccc1-c1ccc2nc(-c3[nH]c4ccccc4c3Oc3ccc(C(F)(F)F)cc3)[nH]c2c1. The van der Waals surface area contributed by atoms with E-state index in [1.165, 1.54) is 12.1 Å². The summed E-state index contributed by atoms with van der Waals surface area (Å²) < 4.78 is 45.2. The molecule has 0 aliphatic rings. The Labute approximate surface area is 214 Å². The third-order valence-corrected chi connectivity index (χ3v) is 6.40. The van der Waals surface area contributed by atoms with Crippen LogP contribution in [0.25, 0.3) is 44.6 Å². The zero-order valence-corrected chi connectivity index (χ0v) is 20.1. The lowest BCUT2D eigenvalue weighted by Gasteiger charge is -2.09. The van der Waals surface area contributed by atoms with E-state index in [-0.39, 0.29) is 11.5 Å². The van der Waals surface area contributed by atoms with Crippen molar-refractivity contribution in [2.75, 3.05) is 0 Å². The minimum Gasteiger partial charge on any atom is -0.454 e. The number of hydrogen-bond acceptors (Lipinski definition) is 3. The van der Waals surface area contributed by atoms with E-state index in [2.05, 4.69) is 9.97 Å². The monoisotopic (exact) mass is 511 g/mol. The van der Waals surface area contributed by atoms with Crippen LogP contribution in [0, 0.1) is 0 Å². The highest BCUT2D eigenvalue weighted by Crippen LogP contribution is 2.40. The number of ketones is 1. The van der Waals surface area contributed by atoms with Gasteiger partial charge in [0.05, 0.1) is 16.6 Å². The molecule has 2 heterocycles. The Balaban J connectivity index is 1.43. The molecule has 0 aliphatic carbocycles. The Morgan fingerprint density at radius 1 is 0.842 bits per heavy atom. The molecule has 0 unspecified atom stereocenters. The number of imidazole rings is 1. The number of aromatic nitrogens is 3. The lowest BCUT2D eigenvalue weighted by Crippen LogP contribution is -2.04. The maximum absolute atomic E-state index is 13.0. The Kier molecular flexibility index (Phi) is 5.52. The Bertz CT molecular complexity index is 1820. The van der Waals surface area contributed by atoms with Crippen molar-refractivity contribution >= 4 is 27.7 Å². The zero-order chi connectivity index (χ0) is 26.4. The quantitative estimate of drug-likeness (QED) is 0.228. The van der Waals surface area contributed by atoms with Crippen LogP contribution in [0.1, 0.15) is 22.8 Å². The van der Waals surface area contributed by atoms with Gasteiger partial charge in [0.15, 0.2) is 17.4 Å². The van der Waals surface area contributed by atoms with Crippen molar-refractivity contribution in [3.05, 3.63) is 102 Å². The lowest BCUT2D eigenvalue weighted by molar-refractivity contribution is -0.137. The molecule has 38 heavy (non-hydrogen) atoms. The smallest absolute Gasteiger partial charge is 0.416 e. The van der Waals surface area contributed by atoms with Crippen LogP contribution in [0.2, 0.25) is 0 Å². The fraction of sp³-hybridized carbons (Fsp3) is 0.0667. The number of halogens is 3. The second-order valence-corrected chi connectivity index (χ2v) is 8.92. The first-order valence-corrected chi connectivity index (χ1v) is 11.8. The van der Waals surface area contributed by atoms with Gasteiger partial charge in [-0.25, -0.2) is 4.98 Å². The average Bonchev–Trinajstić information content (AvgIpc) is 3.49. The van der Waals surface area contributed by atoms with E-state index in [0.717, 1.165) is 39.7 Å². The van der Waals surface area contributed by atoms with E-state index in [4.69, 9.17) is 9.72 Å². The highest BCUT2D eigenvalue weighted by molar-refractivity contribution is 6.01. The van der Waals surface area contributed by atoms with Crippen molar-refractivity contribution in [3.63, 3.8) is 0 Å². The third-order valence-electron chi connectivity index (χ3n) is 6.40. The van der Waals surface area contributed by atoms with Crippen LogP contribution in [-0.4, -0.2) is 20.7 Å². The fourth-order valence-corrected chi connectivity index (χ4v) is 4.56. The van der Waals surface area contributed by atoms with Crippen molar-refractivity contribution in [1.82, 2.24) is 15.0 Å². The molecule has 4 aromatic carbocycles. The number of benzene rings is 4. The molecular formula is C30H20F3N3O2. The molecule has 0 amide bonds. The van der Waals surface area contributed by atoms with E-state index in [0.29, 0.717) is 28.3 Å². The number of hydrogen-bond donors (Lipinski definition) is 2. The van der Waals surface area contributed by atoms with Crippen molar-refractivity contribution in [2.45, 2.75) is 13.1 Å². The lowest BCUT2D eigenvalue weighted by atomic mass is 9.97. The van der Waals surface area contributed by atoms with Gasteiger partial charge in [-0.2, -0.15) is 13.2 Å². The topological polar surface area (TPSA) is 70.8 Å². The summed E-state index contributed by atoms with van der Waals surface area (Å²) in [6.45, 7) is 1.54. The number of Topliss-reactive ketones (excluding diaryl/α,β-unsaturated/α-hetero) is 1. The molecule has 6 rings (SSSR count). The van der Waals surface area contributed by atoms with Crippen LogP contribution in [-0.2, 0) is 6.18 Å². The maximum atomic E-state index is 13.0. The second kappa shape index (κ2) is 8.92. The number of aromatic amines is 2. The van der Waals surface area contributed by atoms with Crippen LogP contribution in [0.3, 0.4) is 0 Å². The van der Waals surface area contributed by atoms with Crippen LogP contribution in [0.5, 0.6) is 11.5 Å². The van der Waals surface area contributed by atoms with Crippen LogP contribution >= 0.6 is 0 Å². The van der Waals surface area contributed by atoms with Gasteiger partial charge in [-0.15, -0.1) is 0 Å².